The van der Waals surface area contributed by atoms with E-state index in [-0.39, 0.29) is 11.3 Å². The molecule has 1 heterocycles. The summed E-state index contributed by atoms with van der Waals surface area (Å²) in [6, 6.07) is 4.14. The van der Waals surface area contributed by atoms with Gasteiger partial charge in [0.05, 0.1) is 4.92 Å². The summed E-state index contributed by atoms with van der Waals surface area (Å²) in [5.74, 6) is 0. The number of nitro groups is 1. The molecule has 1 N–H and O–H groups in total. The molecule has 0 fully saturated rings. The first-order valence-electron chi connectivity index (χ1n) is 4.61. The SMILES string of the molecule is O=Cc1cc([N+](=O)[O-])ccc1Sc1ncc[nH]1. The second kappa shape index (κ2) is 4.79. The van der Waals surface area contributed by atoms with Gasteiger partial charge in [0, 0.05) is 35.0 Å². The van der Waals surface area contributed by atoms with Gasteiger partial charge in [0.15, 0.2) is 11.4 Å². The van der Waals surface area contributed by atoms with E-state index in [1.54, 1.807) is 12.4 Å². The fraction of sp³-hybridized carbons (Fsp3) is 0. The van der Waals surface area contributed by atoms with Crippen molar-refractivity contribution in [3.05, 3.63) is 46.3 Å². The minimum Gasteiger partial charge on any atom is -0.339 e. The summed E-state index contributed by atoms with van der Waals surface area (Å²) < 4.78 is 0. The van der Waals surface area contributed by atoms with Crippen LogP contribution in [0.1, 0.15) is 10.4 Å². The Hall–Kier alpha value is -2.15. The summed E-state index contributed by atoms with van der Waals surface area (Å²) in [7, 11) is 0. The number of aromatic amines is 1. The first-order valence-corrected chi connectivity index (χ1v) is 5.43. The minimum absolute atomic E-state index is 0.101. The van der Waals surface area contributed by atoms with Crippen molar-refractivity contribution in [2.75, 3.05) is 0 Å². The lowest BCUT2D eigenvalue weighted by Crippen LogP contribution is -1.92. The van der Waals surface area contributed by atoms with Crippen molar-refractivity contribution in [2.24, 2.45) is 0 Å². The number of carbonyl (C=O) groups excluding carboxylic acids is 1. The van der Waals surface area contributed by atoms with Crippen LogP contribution in [0.3, 0.4) is 0 Å². The van der Waals surface area contributed by atoms with Crippen molar-refractivity contribution in [2.45, 2.75) is 10.1 Å². The normalized spacial score (nSPS) is 10.1. The molecule has 0 aliphatic rings. The first kappa shape index (κ1) is 11.3. The molecule has 0 aliphatic heterocycles. The van der Waals surface area contributed by atoms with Gasteiger partial charge < -0.3 is 4.98 Å². The average molecular weight is 249 g/mol. The van der Waals surface area contributed by atoms with E-state index in [1.165, 1.54) is 30.0 Å². The van der Waals surface area contributed by atoms with Crippen LogP contribution >= 0.6 is 11.8 Å². The molecule has 7 heteroatoms. The van der Waals surface area contributed by atoms with Gasteiger partial charge in [0.2, 0.25) is 0 Å². The number of hydrogen-bond donors (Lipinski definition) is 1. The van der Waals surface area contributed by atoms with Crippen LogP contribution in [0.2, 0.25) is 0 Å². The predicted molar refractivity (Wildman–Crippen MR) is 61.2 cm³/mol. The molecule has 86 valence electrons. The van der Waals surface area contributed by atoms with Crippen molar-refractivity contribution in [1.29, 1.82) is 0 Å². The Bertz CT molecular complexity index is 554. The molecule has 0 atom stereocenters. The zero-order chi connectivity index (χ0) is 12.3. The van der Waals surface area contributed by atoms with Crippen LogP contribution < -0.4 is 0 Å². The number of nitrogens with zero attached hydrogens (tertiary/aromatic N) is 2. The number of nitro benzene ring substituents is 1. The average Bonchev–Trinajstić information content (AvgIpc) is 2.82. The molecule has 2 aromatic rings. The van der Waals surface area contributed by atoms with Crippen molar-refractivity contribution >= 4 is 23.7 Å². The van der Waals surface area contributed by atoms with Gasteiger partial charge in [0.25, 0.3) is 5.69 Å². The summed E-state index contributed by atoms with van der Waals surface area (Å²) >= 11 is 1.25. The second-order valence-electron chi connectivity index (χ2n) is 3.09. The number of non-ortho nitro benzene ring substituents is 1. The lowest BCUT2D eigenvalue weighted by Gasteiger charge is -2.01. The third-order valence-electron chi connectivity index (χ3n) is 2.01. The quantitative estimate of drug-likeness (QED) is 0.510. The van der Waals surface area contributed by atoms with Crippen LogP contribution in [0.5, 0.6) is 0 Å². The second-order valence-corrected chi connectivity index (χ2v) is 4.12. The van der Waals surface area contributed by atoms with Gasteiger partial charge in [-0.1, -0.05) is 11.8 Å². The van der Waals surface area contributed by atoms with Gasteiger partial charge in [-0.15, -0.1) is 0 Å². The number of rotatable bonds is 4. The van der Waals surface area contributed by atoms with Gasteiger partial charge in [-0.25, -0.2) is 4.98 Å². The van der Waals surface area contributed by atoms with E-state index in [0.717, 1.165) is 0 Å². The molecule has 0 amide bonds. The molecule has 17 heavy (non-hydrogen) atoms. The Morgan fingerprint density at radius 2 is 2.29 bits per heavy atom. The molecule has 0 bridgehead atoms. The highest BCUT2D eigenvalue weighted by atomic mass is 32.2. The highest BCUT2D eigenvalue weighted by Crippen LogP contribution is 2.29. The van der Waals surface area contributed by atoms with E-state index in [4.69, 9.17) is 0 Å². The van der Waals surface area contributed by atoms with Gasteiger partial charge in [0.1, 0.15) is 0 Å². The number of H-pyrrole nitrogens is 1. The van der Waals surface area contributed by atoms with E-state index < -0.39 is 4.92 Å². The van der Waals surface area contributed by atoms with Crippen molar-refractivity contribution in [3.8, 4) is 0 Å². The molecular formula is C10H7N3O3S. The molecule has 1 aromatic carbocycles. The number of hydrogen-bond acceptors (Lipinski definition) is 5. The fourth-order valence-electron chi connectivity index (χ4n) is 1.25. The maximum atomic E-state index is 10.9. The molecule has 0 unspecified atom stereocenters. The van der Waals surface area contributed by atoms with Crippen molar-refractivity contribution < 1.29 is 9.72 Å². The molecule has 6 nitrogen and oxygen atoms in total. The number of nitrogens with one attached hydrogen (secondary N) is 1. The maximum absolute atomic E-state index is 10.9. The third-order valence-corrected chi connectivity index (χ3v) is 3.02. The first-order chi connectivity index (χ1) is 8.20. The van der Waals surface area contributed by atoms with Gasteiger partial charge in [-0.05, 0) is 6.07 Å². The summed E-state index contributed by atoms with van der Waals surface area (Å²) in [5, 5.41) is 11.2. The number of carbonyl (C=O) groups is 1. The van der Waals surface area contributed by atoms with Gasteiger partial charge in [-0.3, -0.25) is 14.9 Å². The van der Waals surface area contributed by atoms with Crippen LogP contribution in [-0.2, 0) is 0 Å². The molecular weight excluding hydrogens is 242 g/mol. The molecule has 1 aromatic heterocycles. The topological polar surface area (TPSA) is 88.9 Å². The largest absolute Gasteiger partial charge is 0.339 e. The lowest BCUT2D eigenvalue weighted by molar-refractivity contribution is -0.384. The number of benzene rings is 1. The number of aromatic nitrogens is 2. The molecule has 0 spiro atoms. The highest BCUT2D eigenvalue weighted by Gasteiger charge is 2.11. The Labute approximate surface area is 100 Å². The van der Waals surface area contributed by atoms with E-state index in [9.17, 15) is 14.9 Å². The standard InChI is InChI=1S/C10H7N3O3S/c14-6-7-5-8(13(15)16)1-2-9(7)17-10-11-3-4-12-10/h1-6H,(H,11,12). The molecule has 0 saturated heterocycles. The number of aldehydes is 1. The van der Waals surface area contributed by atoms with Crippen molar-refractivity contribution in [3.63, 3.8) is 0 Å². The lowest BCUT2D eigenvalue weighted by atomic mass is 10.2. The van der Waals surface area contributed by atoms with Crippen LogP contribution in [0, 0.1) is 10.1 Å². The maximum Gasteiger partial charge on any atom is 0.270 e. The van der Waals surface area contributed by atoms with Gasteiger partial charge >= 0.3 is 0 Å². The smallest absolute Gasteiger partial charge is 0.270 e. The van der Waals surface area contributed by atoms with E-state index in [1.807, 2.05) is 0 Å². The zero-order valence-corrected chi connectivity index (χ0v) is 9.31. The zero-order valence-electron chi connectivity index (χ0n) is 8.49. The molecule has 0 saturated carbocycles. The van der Waals surface area contributed by atoms with Crippen molar-refractivity contribution in [1.82, 2.24) is 9.97 Å². The van der Waals surface area contributed by atoms with E-state index in [0.29, 0.717) is 16.3 Å². The monoisotopic (exact) mass is 249 g/mol. The summed E-state index contributed by atoms with van der Waals surface area (Å²) in [4.78, 5) is 28.4. The Morgan fingerprint density at radius 3 is 2.88 bits per heavy atom. The molecule has 0 aliphatic carbocycles. The fourth-order valence-corrected chi connectivity index (χ4v) is 2.06. The summed E-state index contributed by atoms with van der Waals surface area (Å²) in [6.07, 6.45) is 3.85. The highest BCUT2D eigenvalue weighted by molar-refractivity contribution is 7.99. The van der Waals surface area contributed by atoms with Crippen LogP contribution in [0.25, 0.3) is 0 Å². The van der Waals surface area contributed by atoms with E-state index in [2.05, 4.69) is 9.97 Å². The third kappa shape index (κ3) is 2.51. The Kier molecular flexibility index (Phi) is 3.20. The Morgan fingerprint density at radius 1 is 1.47 bits per heavy atom. The molecule has 0 radical (unpaired) electrons. The Balaban J connectivity index is 2.34. The summed E-state index contributed by atoms with van der Waals surface area (Å²) in [6.45, 7) is 0. The van der Waals surface area contributed by atoms with Crippen LogP contribution in [0.15, 0.2) is 40.6 Å². The van der Waals surface area contributed by atoms with Crippen LogP contribution in [0.4, 0.5) is 5.69 Å². The molecule has 2 rings (SSSR count). The minimum atomic E-state index is -0.533. The predicted octanol–water partition coefficient (Wildman–Crippen LogP) is 2.28. The van der Waals surface area contributed by atoms with E-state index >= 15 is 0 Å². The number of imidazole rings is 1. The van der Waals surface area contributed by atoms with Crippen LogP contribution in [-0.4, -0.2) is 21.2 Å². The van der Waals surface area contributed by atoms with Gasteiger partial charge in [-0.2, -0.15) is 0 Å². The summed E-state index contributed by atoms with van der Waals surface area (Å²) in [5.41, 5.74) is 0.177.